The SMILES string of the molecule is CCc1ccc(-c2ccc(C(=O)NCCN(O)C(=O)NCCc3ccccn3)cc2)cc1. The number of amides is 3. The van der Waals surface area contributed by atoms with E-state index in [9.17, 15) is 14.8 Å². The van der Waals surface area contributed by atoms with Gasteiger partial charge in [-0.3, -0.25) is 15.0 Å². The minimum Gasteiger partial charge on any atom is -0.350 e. The Bertz CT molecular complexity index is 1010. The van der Waals surface area contributed by atoms with E-state index >= 15 is 0 Å². The number of carbonyl (C=O) groups excluding carboxylic acids is 2. The smallest absolute Gasteiger partial charge is 0.341 e. The third kappa shape index (κ3) is 6.65. The molecule has 0 fully saturated rings. The van der Waals surface area contributed by atoms with Gasteiger partial charge in [-0.2, -0.15) is 0 Å². The second kappa shape index (κ2) is 11.6. The number of nitrogens with one attached hydrogen (secondary N) is 2. The number of pyridine rings is 1. The quantitative estimate of drug-likeness (QED) is 0.355. The fourth-order valence-electron chi connectivity index (χ4n) is 3.16. The Morgan fingerprint density at radius 1 is 0.906 bits per heavy atom. The van der Waals surface area contributed by atoms with Gasteiger partial charge in [-0.15, -0.1) is 0 Å². The standard InChI is InChI=1S/C25H28N4O3/c1-2-19-6-8-20(9-7-19)21-10-12-22(13-11-21)24(30)27-17-18-29(32)25(31)28-16-14-23-5-3-4-15-26-23/h3-13,15,32H,2,14,16-18H2,1H3,(H,27,30)(H,28,31). The largest absolute Gasteiger partial charge is 0.350 e. The highest BCUT2D eigenvalue weighted by Crippen LogP contribution is 2.20. The Morgan fingerprint density at radius 3 is 2.22 bits per heavy atom. The topological polar surface area (TPSA) is 94.6 Å². The maximum atomic E-state index is 12.3. The summed E-state index contributed by atoms with van der Waals surface area (Å²) in [6, 6.07) is 20.6. The van der Waals surface area contributed by atoms with Crippen LogP contribution in [0.3, 0.4) is 0 Å². The van der Waals surface area contributed by atoms with Crippen molar-refractivity contribution < 1.29 is 14.8 Å². The Labute approximate surface area is 188 Å². The number of aromatic nitrogens is 1. The zero-order valence-corrected chi connectivity index (χ0v) is 18.1. The van der Waals surface area contributed by atoms with Crippen LogP contribution >= 0.6 is 0 Å². The van der Waals surface area contributed by atoms with Crippen LogP contribution in [0.1, 0.15) is 28.5 Å². The monoisotopic (exact) mass is 432 g/mol. The highest BCUT2D eigenvalue weighted by molar-refractivity contribution is 5.94. The van der Waals surface area contributed by atoms with Crippen LogP contribution in [0.4, 0.5) is 4.79 Å². The van der Waals surface area contributed by atoms with E-state index in [1.807, 2.05) is 30.3 Å². The molecule has 3 amide bonds. The van der Waals surface area contributed by atoms with Crippen molar-refractivity contribution in [3.05, 3.63) is 89.7 Å². The van der Waals surface area contributed by atoms with Crippen molar-refractivity contribution in [2.75, 3.05) is 19.6 Å². The molecule has 3 rings (SSSR count). The molecular weight excluding hydrogens is 404 g/mol. The molecule has 2 aromatic carbocycles. The molecule has 0 bridgehead atoms. The summed E-state index contributed by atoms with van der Waals surface area (Å²) >= 11 is 0. The highest BCUT2D eigenvalue weighted by Gasteiger charge is 2.11. The first kappa shape index (κ1) is 23.0. The minimum absolute atomic E-state index is 0.0248. The van der Waals surface area contributed by atoms with Gasteiger partial charge in [0.15, 0.2) is 0 Å². The van der Waals surface area contributed by atoms with Crippen molar-refractivity contribution in [3.63, 3.8) is 0 Å². The second-order valence-electron chi connectivity index (χ2n) is 7.31. The molecular formula is C25H28N4O3. The van der Waals surface area contributed by atoms with Gasteiger partial charge in [0, 0.05) is 37.0 Å². The Hall–Kier alpha value is -3.71. The molecule has 0 radical (unpaired) electrons. The van der Waals surface area contributed by atoms with E-state index in [1.54, 1.807) is 18.3 Å². The van der Waals surface area contributed by atoms with E-state index in [0.717, 1.165) is 23.2 Å². The Balaban J connectivity index is 1.40. The number of aryl methyl sites for hydroxylation is 1. The predicted molar refractivity (Wildman–Crippen MR) is 123 cm³/mol. The first-order chi connectivity index (χ1) is 15.6. The number of hydroxylamine groups is 2. The normalized spacial score (nSPS) is 10.4. The number of benzene rings is 2. The van der Waals surface area contributed by atoms with Crippen LogP contribution in [0, 0.1) is 0 Å². The van der Waals surface area contributed by atoms with Gasteiger partial charge < -0.3 is 10.6 Å². The number of hydrogen-bond donors (Lipinski definition) is 3. The Kier molecular flexibility index (Phi) is 8.34. The summed E-state index contributed by atoms with van der Waals surface area (Å²) in [6.45, 7) is 2.58. The first-order valence-corrected chi connectivity index (χ1v) is 10.7. The van der Waals surface area contributed by atoms with Gasteiger partial charge in [-0.1, -0.05) is 49.4 Å². The van der Waals surface area contributed by atoms with E-state index < -0.39 is 6.03 Å². The van der Waals surface area contributed by atoms with Crippen LogP contribution < -0.4 is 10.6 Å². The average molecular weight is 433 g/mol. The van der Waals surface area contributed by atoms with Crippen LogP contribution in [-0.2, 0) is 12.8 Å². The zero-order chi connectivity index (χ0) is 22.8. The molecule has 3 aromatic rings. The van der Waals surface area contributed by atoms with E-state index in [4.69, 9.17) is 0 Å². The van der Waals surface area contributed by atoms with Crippen LogP contribution in [0.2, 0.25) is 0 Å². The number of nitrogens with zero attached hydrogens (tertiary/aromatic N) is 2. The summed E-state index contributed by atoms with van der Waals surface area (Å²) < 4.78 is 0. The van der Waals surface area contributed by atoms with Gasteiger partial charge in [0.25, 0.3) is 5.91 Å². The number of urea groups is 1. The maximum absolute atomic E-state index is 12.3. The molecule has 0 aliphatic heterocycles. The zero-order valence-electron chi connectivity index (χ0n) is 18.1. The summed E-state index contributed by atoms with van der Waals surface area (Å²) in [6.07, 6.45) is 3.25. The van der Waals surface area contributed by atoms with Crippen molar-refractivity contribution in [1.29, 1.82) is 0 Å². The summed E-state index contributed by atoms with van der Waals surface area (Å²) in [4.78, 5) is 28.4. The first-order valence-electron chi connectivity index (χ1n) is 10.7. The lowest BCUT2D eigenvalue weighted by atomic mass is 10.0. The molecule has 0 unspecified atom stereocenters. The lowest BCUT2D eigenvalue weighted by Crippen LogP contribution is -2.42. The molecule has 166 valence electrons. The van der Waals surface area contributed by atoms with Crippen molar-refractivity contribution in [2.45, 2.75) is 19.8 Å². The molecule has 7 nitrogen and oxygen atoms in total. The van der Waals surface area contributed by atoms with Gasteiger partial charge in [0.1, 0.15) is 0 Å². The second-order valence-corrected chi connectivity index (χ2v) is 7.31. The summed E-state index contributed by atoms with van der Waals surface area (Å²) in [5, 5.41) is 15.7. The van der Waals surface area contributed by atoms with E-state index in [0.29, 0.717) is 23.6 Å². The lowest BCUT2D eigenvalue weighted by Gasteiger charge is -2.16. The molecule has 32 heavy (non-hydrogen) atoms. The molecule has 3 N–H and O–H groups in total. The van der Waals surface area contributed by atoms with Gasteiger partial charge in [-0.25, -0.2) is 9.86 Å². The molecule has 0 aliphatic carbocycles. The molecule has 1 aromatic heterocycles. The molecule has 0 spiro atoms. The number of carbonyl (C=O) groups is 2. The minimum atomic E-state index is -0.617. The fraction of sp³-hybridized carbons (Fsp3) is 0.240. The summed E-state index contributed by atoms with van der Waals surface area (Å²) in [5.41, 5.74) is 4.79. The van der Waals surface area contributed by atoms with Gasteiger partial charge >= 0.3 is 6.03 Å². The van der Waals surface area contributed by atoms with Crippen LogP contribution in [0.25, 0.3) is 11.1 Å². The van der Waals surface area contributed by atoms with Crippen molar-refractivity contribution >= 4 is 11.9 Å². The fourth-order valence-corrected chi connectivity index (χ4v) is 3.16. The van der Waals surface area contributed by atoms with Crippen LogP contribution in [0.5, 0.6) is 0 Å². The Morgan fingerprint density at radius 2 is 1.59 bits per heavy atom. The van der Waals surface area contributed by atoms with Crippen molar-refractivity contribution in [3.8, 4) is 11.1 Å². The summed E-state index contributed by atoms with van der Waals surface area (Å²) in [5.74, 6) is -0.262. The number of rotatable bonds is 9. The predicted octanol–water partition coefficient (Wildman–Crippen LogP) is 3.68. The molecule has 0 saturated carbocycles. The van der Waals surface area contributed by atoms with E-state index in [2.05, 4.69) is 46.8 Å². The third-order valence-corrected chi connectivity index (χ3v) is 5.07. The van der Waals surface area contributed by atoms with E-state index in [-0.39, 0.29) is 19.0 Å². The average Bonchev–Trinajstić information content (AvgIpc) is 2.84. The highest BCUT2D eigenvalue weighted by atomic mass is 16.5. The van der Waals surface area contributed by atoms with Gasteiger partial charge in [0.2, 0.25) is 0 Å². The third-order valence-electron chi connectivity index (χ3n) is 5.07. The molecule has 7 heteroatoms. The van der Waals surface area contributed by atoms with Crippen molar-refractivity contribution in [1.82, 2.24) is 20.7 Å². The van der Waals surface area contributed by atoms with Crippen LogP contribution in [-0.4, -0.2) is 46.8 Å². The number of hydrogen-bond acceptors (Lipinski definition) is 4. The maximum Gasteiger partial charge on any atom is 0.341 e. The molecule has 0 saturated heterocycles. The van der Waals surface area contributed by atoms with Crippen molar-refractivity contribution in [2.24, 2.45) is 0 Å². The lowest BCUT2D eigenvalue weighted by molar-refractivity contribution is -0.0413. The summed E-state index contributed by atoms with van der Waals surface area (Å²) in [7, 11) is 0. The molecule has 0 atom stereocenters. The van der Waals surface area contributed by atoms with E-state index in [1.165, 1.54) is 5.56 Å². The molecule has 1 heterocycles. The molecule has 0 aliphatic rings. The van der Waals surface area contributed by atoms with Crippen LogP contribution in [0.15, 0.2) is 72.9 Å². The van der Waals surface area contributed by atoms with Gasteiger partial charge in [-0.05, 0) is 47.4 Å². The van der Waals surface area contributed by atoms with Gasteiger partial charge in [0.05, 0.1) is 6.54 Å².